The number of amides is 2. The fourth-order valence-electron chi connectivity index (χ4n) is 7.33. The number of anilines is 1. The third kappa shape index (κ3) is 5.81. The molecule has 1 aromatic carbocycles. The third-order valence-corrected chi connectivity index (χ3v) is 10.5. The molecule has 7 nitrogen and oxygen atoms in total. The normalized spacial score (nSPS) is 34.5. The van der Waals surface area contributed by atoms with E-state index in [0.29, 0.717) is 30.9 Å². The van der Waals surface area contributed by atoms with Crippen LogP contribution in [0.3, 0.4) is 0 Å². The van der Waals surface area contributed by atoms with E-state index in [0.717, 1.165) is 43.7 Å². The second kappa shape index (κ2) is 11.5. The molecule has 0 spiro atoms. The first-order chi connectivity index (χ1) is 17.6. The Morgan fingerprint density at radius 3 is 2.57 bits per heavy atom. The quantitative estimate of drug-likeness (QED) is 0.438. The molecule has 0 radical (unpaired) electrons. The van der Waals surface area contributed by atoms with Crippen LogP contribution < -0.4 is 5.32 Å². The molecule has 0 bridgehead atoms. The number of rotatable bonds is 6. The van der Waals surface area contributed by atoms with E-state index in [2.05, 4.69) is 19.2 Å². The van der Waals surface area contributed by atoms with Crippen LogP contribution in [0.1, 0.15) is 65.7 Å². The maximum absolute atomic E-state index is 13.3. The number of hydrogen-bond donors (Lipinski definition) is 3. The molecule has 0 aromatic heterocycles. The van der Waals surface area contributed by atoms with Gasteiger partial charge in [0.2, 0.25) is 5.91 Å². The number of piperidine rings is 1. The first-order valence-electron chi connectivity index (χ1n) is 13.8. The Hall–Kier alpha value is -1.77. The van der Waals surface area contributed by atoms with Crippen molar-refractivity contribution in [2.75, 3.05) is 31.3 Å². The topological polar surface area (TPSA) is 99.1 Å². The Morgan fingerprint density at radius 2 is 1.89 bits per heavy atom. The lowest BCUT2D eigenvalue weighted by molar-refractivity contribution is -0.186. The lowest BCUT2D eigenvalue weighted by atomic mass is 9.46. The van der Waals surface area contributed by atoms with Crippen molar-refractivity contribution in [3.05, 3.63) is 24.3 Å². The van der Waals surface area contributed by atoms with Crippen LogP contribution in [-0.2, 0) is 9.53 Å². The molecule has 8 heteroatoms. The van der Waals surface area contributed by atoms with Crippen LogP contribution in [0, 0.1) is 28.6 Å². The number of likely N-dealkylation sites (tertiary alicyclic amines) is 1. The smallest absolute Gasteiger partial charge is 0.411 e. The van der Waals surface area contributed by atoms with Gasteiger partial charge in [0.15, 0.2) is 0 Å². The predicted molar refractivity (Wildman–Crippen MR) is 146 cm³/mol. The van der Waals surface area contributed by atoms with E-state index in [9.17, 15) is 19.8 Å². The van der Waals surface area contributed by atoms with E-state index in [4.69, 9.17) is 4.74 Å². The minimum Gasteiger partial charge on any atom is -0.445 e. The van der Waals surface area contributed by atoms with Gasteiger partial charge < -0.3 is 19.8 Å². The van der Waals surface area contributed by atoms with E-state index >= 15 is 0 Å². The van der Waals surface area contributed by atoms with Crippen LogP contribution in [0.25, 0.3) is 0 Å². The fraction of sp³-hybridized carbons (Fsp3) is 0.724. The van der Waals surface area contributed by atoms with Crippen LogP contribution in [0.4, 0.5) is 10.5 Å². The molecule has 3 aliphatic rings. The Balaban J connectivity index is 1.47. The Kier molecular flexibility index (Phi) is 8.81. The van der Waals surface area contributed by atoms with Gasteiger partial charge >= 0.3 is 6.09 Å². The number of carbonyl (C=O) groups excluding carboxylic acids is 2. The van der Waals surface area contributed by atoms with Gasteiger partial charge in [0.1, 0.15) is 6.10 Å². The number of ether oxygens (including phenoxy) is 1. The van der Waals surface area contributed by atoms with Gasteiger partial charge in [-0.05, 0) is 86.1 Å². The maximum Gasteiger partial charge on any atom is 0.411 e. The summed E-state index contributed by atoms with van der Waals surface area (Å²) < 4.78 is 5.96. The fourth-order valence-corrected chi connectivity index (χ4v) is 7.79. The Labute approximate surface area is 225 Å². The van der Waals surface area contributed by atoms with Gasteiger partial charge in [0, 0.05) is 35.5 Å². The molecule has 1 aliphatic heterocycles. The van der Waals surface area contributed by atoms with Crippen LogP contribution in [-0.4, -0.2) is 65.3 Å². The number of benzene rings is 1. The highest BCUT2D eigenvalue weighted by atomic mass is 32.2. The summed E-state index contributed by atoms with van der Waals surface area (Å²) in [5.41, 5.74) is -0.306. The van der Waals surface area contributed by atoms with E-state index in [1.165, 1.54) is 0 Å². The van der Waals surface area contributed by atoms with E-state index < -0.39 is 23.7 Å². The van der Waals surface area contributed by atoms with Crippen molar-refractivity contribution in [2.45, 2.75) is 82.8 Å². The predicted octanol–water partition coefficient (Wildman–Crippen LogP) is 5.16. The van der Waals surface area contributed by atoms with Gasteiger partial charge in [0.25, 0.3) is 0 Å². The SMILES string of the molecule is CSc1cccc(NC(=O)O[C@@H]2CC[C@]3(C)[C@@H](CC[C@@H](O)[C@@H]3CC(=O)N3CCC(C)CC3)[C@]2(C)CO)c1. The van der Waals surface area contributed by atoms with Crippen molar-refractivity contribution in [3.8, 4) is 0 Å². The molecular weight excluding hydrogens is 488 g/mol. The number of carbonyl (C=O) groups is 2. The molecule has 1 heterocycles. The molecule has 2 amide bonds. The molecule has 1 saturated heterocycles. The number of aliphatic hydroxyl groups excluding tert-OH is 2. The highest BCUT2D eigenvalue weighted by molar-refractivity contribution is 7.98. The van der Waals surface area contributed by atoms with Crippen LogP contribution >= 0.6 is 11.8 Å². The summed E-state index contributed by atoms with van der Waals surface area (Å²) in [6.07, 6.45) is 5.52. The standard InChI is InChI=1S/C29H44N2O5S/c1-19-11-14-31(15-12-19)26(34)17-22-23(33)8-9-24-28(22,2)13-10-25(29(24,3)18-32)36-27(35)30-20-6-5-7-21(16-20)37-4/h5-7,16,19,22-25,32-33H,8-15,17-18H2,1-4H3,(H,30,35)/t22-,23+,24+,25+,28-,29-/m0/s1. The summed E-state index contributed by atoms with van der Waals surface area (Å²) in [6, 6.07) is 7.61. The molecule has 3 N–H and O–H groups in total. The van der Waals surface area contributed by atoms with Crippen molar-refractivity contribution >= 4 is 29.4 Å². The molecule has 206 valence electrons. The Morgan fingerprint density at radius 1 is 1.16 bits per heavy atom. The first kappa shape index (κ1) is 28.2. The van der Waals surface area contributed by atoms with Crippen molar-refractivity contribution in [1.29, 1.82) is 0 Å². The van der Waals surface area contributed by atoms with E-state index in [-0.39, 0.29) is 29.8 Å². The average Bonchev–Trinajstić information content (AvgIpc) is 2.88. The summed E-state index contributed by atoms with van der Waals surface area (Å²) in [4.78, 5) is 29.2. The van der Waals surface area contributed by atoms with Crippen molar-refractivity contribution < 1.29 is 24.5 Å². The number of hydrogen-bond acceptors (Lipinski definition) is 6. The summed E-state index contributed by atoms with van der Waals surface area (Å²) in [5, 5.41) is 24.6. The van der Waals surface area contributed by atoms with E-state index in [1.54, 1.807) is 11.8 Å². The second-order valence-corrected chi connectivity index (χ2v) is 12.9. The number of nitrogens with zero attached hydrogens (tertiary/aromatic N) is 1. The van der Waals surface area contributed by atoms with Crippen molar-refractivity contribution in [2.24, 2.45) is 28.6 Å². The lowest BCUT2D eigenvalue weighted by Crippen LogP contribution is -2.61. The highest BCUT2D eigenvalue weighted by Crippen LogP contribution is 2.61. The van der Waals surface area contributed by atoms with Gasteiger partial charge in [-0.3, -0.25) is 10.1 Å². The van der Waals surface area contributed by atoms with Gasteiger partial charge in [-0.25, -0.2) is 4.79 Å². The molecule has 1 aromatic rings. The monoisotopic (exact) mass is 532 g/mol. The zero-order valence-electron chi connectivity index (χ0n) is 22.7. The number of thioether (sulfide) groups is 1. The van der Waals surface area contributed by atoms with Gasteiger partial charge in [-0.1, -0.05) is 26.8 Å². The maximum atomic E-state index is 13.3. The summed E-state index contributed by atoms with van der Waals surface area (Å²) in [7, 11) is 0. The molecule has 4 rings (SSSR count). The van der Waals surface area contributed by atoms with E-state index in [1.807, 2.05) is 42.3 Å². The molecule has 0 unspecified atom stereocenters. The average molecular weight is 533 g/mol. The number of nitrogens with one attached hydrogen (secondary N) is 1. The third-order valence-electron chi connectivity index (χ3n) is 9.77. The second-order valence-electron chi connectivity index (χ2n) is 12.0. The Bertz CT molecular complexity index is 967. The van der Waals surface area contributed by atoms with Crippen LogP contribution in [0.5, 0.6) is 0 Å². The van der Waals surface area contributed by atoms with Gasteiger partial charge in [-0.2, -0.15) is 0 Å². The molecular formula is C29H44N2O5S. The first-order valence-corrected chi connectivity index (χ1v) is 15.0. The zero-order chi connectivity index (χ0) is 26.8. The molecule has 3 fully saturated rings. The zero-order valence-corrected chi connectivity index (χ0v) is 23.6. The van der Waals surface area contributed by atoms with Crippen molar-refractivity contribution in [3.63, 3.8) is 0 Å². The van der Waals surface area contributed by atoms with Gasteiger partial charge in [-0.15, -0.1) is 11.8 Å². The van der Waals surface area contributed by atoms with Crippen LogP contribution in [0.15, 0.2) is 29.2 Å². The number of aliphatic hydroxyl groups is 2. The molecule has 6 atom stereocenters. The molecule has 37 heavy (non-hydrogen) atoms. The lowest BCUT2D eigenvalue weighted by Gasteiger charge is -2.60. The summed E-state index contributed by atoms with van der Waals surface area (Å²) >= 11 is 1.60. The van der Waals surface area contributed by atoms with Crippen molar-refractivity contribution in [1.82, 2.24) is 4.90 Å². The van der Waals surface area contributed by atoms with Gasteiger partial charge in [0.05, 0.1) is 12.7 Å². The van der Waals surface area contributed by atoms with Crippen LogP contribution in [0.2, 0.25) is 0 Å². The number of fused-ring (bicyclic) bond motifs is 1. The highest BCUT2D eigenvalue weighted by Gasteiger charge is 2.60. The summed E-state index contributed by atoms with van der Waals surface area (Å²) in [5.74, 6) is 0.638. The molecule has 2 saturated carbocycles. The minimum absolute atomic E-state index is 0.0268. The minimum atomic E-state index is -0.659. The molecule has 2 aliphatic carbocycles. The summed E-state index contributed by atoms with van der Waals surface area (Å²) in [6.45, 7) is 7.88. The largest absolute Gasteiger partial charge is 0.445 e.